The SMILES string of the molecule is CC.CC1(N)CC1.CN1CCCC1. The molecule has 0 aromatic carbocycles. The van der Waals surface area contributed by atoms with Crippen molar-refractivity contribution in [3.63, 3.8) is 0 Å². The molecule has 0 atom stereocenters. The lowest BCUT2D eigenvalue weighted by Gasteiger charge is -2.01. The zero-order chi connectivity index (χ0) is 10.3. The number of nitrogens with zero attached hydrogens (tertiary/aromatic N) is 1. The lowest BCUT2D eigenvalue weighted by atomic mass is 10.4. The normalized spacial score (nSPS) is 23.8. The van der Waals surface area contributed by atoms with E-state index < -0.39 is 0 Å². The third-order valence-corrected chi connectivity index (χ3v) is 2.37. The molecular formula is C11H26N2. The number of likely N-dealkylation sites (tertiary alicyclic amines) is 1. The van der Waals surface area contributed by atoms with Crippen LogP contribution < -0.4 is 5.73 Å². The average Bonchev–Trinajstić information content (AvgIpc) is 2.63. The molecule has 80 valence electrons. The Hall–Kier alpha value is -0.0800. The van der Waals surface area contributed by atoms with Crippen molar-refractivity contribution in [2.45, 2.75) is 52.0 Å². The van der Waals surface area contributed by atoms with Gasteiger partial charge in [0.25, 0.3) is 0 Å². The molecule has 13 heavy (non-hydrogen) atoms. The highest BCUT2D eigenvalue weighted by atomic mass is 15.1. The summed E-state index contributed by atoms with van der Waals surface area (Å²) in [7, 11) is 2.17. The van der Waals surface area contributed by atoms with E-state index in [-0.39, 0.29) is 5.54 Å². The molecule has 0 aromatic heterocycles. The topological polar surface area (TPSA) is 29.3 Å². The fourth-order valence-electron chi connectivity index (χ4n) is 1.07. The van der Waals surface area contributed by atoms with Gasteiger partial charge in [-0.15, -0.1) is 0 Å². The Labute approximate surface area is 83.5 Å². The molecule has 0 radical (unpaired) electrons. The van der Waals surface area contributed by atoms with Crippen LogP contribution in [0.1, 0.15) is 46.5 Å². The second-order valence-electron chi connectivity index (χ2n) is 4.16. The fraction of sp³-hybridized carbons (Fsp3) is 1.00. The number of rotatable bonds is 0. The third-order valence-electron chi connectivity index (χ3n) is 2.37. The maximum atomic E-state index is 5.47. The predicted octanol–water partition coefficient (Wildman–Crippen LogP) is 2.24. The molecule has 2 N–H and O–H groups in total. The second kappa shape index (κ2) is 6.39. The summed E-state index contributed by atoms with van der Waals surface area (Å²) in [5.41, 5.74) is 5.72. The van der Waals surface area contributed by atoms with Gasteiger partial charge in [0.05, 0.1) is 0 Å². The summed E-state index contributed by atoms with van der Waals surface area (Å²) in [5, 5.41) is 0. The molecule has 2 nitrogen and oxygen atoms in total. The maximum Gasteiger partial charge on any atom is 0.0127 e. The van der Waals surface area contributed by atoms with Crippen molar-refractivity contribution in [1.29, 1.82) is 0 Å². The minimum Gasteiger partial charge on any atom is -0.325 e. The van der Waals surface area contributed by atoms with Crippen LogP contribution in [0.2, 0.25) is 0 Å². The smallest absolute Gasteiger partial charge is 0.0127 e. The molecule has 2 heteroatoms. The zero-order valence-electron chi connectivity index (χ0n) is 9.77. The summed E-state index contributed by atoms with van der Waals surface area (Å²) < 4.78 is 0. The first kappa shape index (κ1) is 12.9. The Morgan fingerprint density at radius 2 is 1.38 bits per heavy atom. The summed E-state index contributed by atoms with van der Waals surface area (Å²) in [6.07, 6.45) is 5.28. The fourth-order valence-corrected chi connectivity index (χ4v) is 1.07. The van der Waals surface area contributed by atoms with E-state index in [0.717, 1.165) is 0 Å². The quantitative estimate of drug-likeness (QED) is 0.628. The maximum absolute atomic E-state index is 5.47. The monoisotopic (exact) mass is 186 g/mol. The van der Waals surface area contributed by atoms with E-state index in [9.17, 15) is 0 Å². The molecule has 1 saturated carbocycles. The molecule has 2 rings (SSSR count). The molecule has 0 amide bonds. The molecule has 0 spiro atoms. The standard InChI is InChI=1S/C5H11N.C4H9N.C2H6/c1-6-4-2-3-5-6;1-4(5)2-3-4;1-2/h2-5H2,1H3;2-3,5H2,1H3;1-2H3. The van der Waals surface area contributed by atoms with E-state index in [1.54, 1.807) is 0 Å². The Morgan fingerprint density at radius 1 is 1.08 bits per heavy atom. The van der Waals surface area contributed by atoms with E-state index >= 15 is 0 Å². The number of hydrogen-bond donors (Lipinski definition) is 1. The van der Waals surface area contributed by atoms with Crippen LogP contribution in [0.5, 0.6) is 0 Å². The van der Waals surface area contributed by atoms with E-state index in [4.69, 9.17) is 5.73 Å². The van der Waals surface area contributed by atoms with E-state index in [1.165, 1.54) is 38.8 Å². The lowest BCUT2D eigenvalue weighted by Crippen LogP contribution is -2.14. The van der Waals surface area contributed by atoms with E-state index in [2.05, 4.69) is 18.9 Å². The molecule has 0 aromatic rings. The highest BCUT2D eigenvalue weighted by Gasteiger charge is 2.31. The zero-order valence-corrected chi connectivity index (χ0v) is 9.77. The third kappa shape index (κ3) is 8.26. The van der Waals surface area contributed by atoms with Gasteiger partial charge in [-0.1, -0.05) is 13.8 Å². The van der Waals surface area contributed by atoms with Crippen LogP contribution in [0.4, 0.5) is 0 Å². The summed E-state index contributed by atoms with van der Waals surface area (Å²) >= 11 is 0. The van der Waals surface area contributed by atoms with Crippen molar-refractivity contribution in [3.05, 3.63) is 0 Å². The van der Waals surface area contributed by atoms with Gasteiger partial charge in [-0.25, -0.2) is 0 Å². The highest BCUT2D eigenvalue weighted by Crippen LogP contribution is 2.30. The number of hydrogen-bond acceptors (Lipinski definition) is 2. The van der Waals surface area contributed by atoms with Crippen molar-refractivity contribution in [2.75, 3.05) is 20.1 Å². The minimum absolute atomic E-state index is 0.250. The first-order valence-electron chi connectivity index (χ1n) is 5.58. The predicted molar refractivity (Wildman–Crippen MR) is 59.9 cm³/mol. The average molecular weight is 186 g/mol. The summed E-state index contributed by atoms with van der Waals surface area (Å²) in [5.74, 6) is 0. The Morgan fingerprint density at radius 3 is 1.46 bits per heavy atom. The van der Waals surface area contributed by atoms with Crippen molar-refractivity contribution < 1.29 is 0 Å². The Bertz CT molecular complexity index is 109. The van der Waals surface area contributed by atoms with Crippen molar-refractivity contribution in [1.82, 2.24) is 4.90 Å². The largest absolute Gasteiger partial charge is 0.325 e. The van der Waals surface area contributed by atoms with Gasteiger partial charge in [-0.2, -0.15) is 0 Å². The van der Waals surface area contributed by atoms with Gasteiger partial charge in [0.15, 0.2) is 0 Å². The van der Waals surface area contributed by atoms with Crippen molar-refractivity contribution in [3.8, 4) is 0 Å². The highest BCUT2D eigenvalue weighted by molar-refractivity contribution is 4.93. The molecule has 0 bridgehead atoms. The summed E-state index contributed by atoms with van der Waals surface area (Å²) in [6, 6.07) is 0. The van der Waals surface area contributed by atoms with E-state index in [0.29, 0.717) is 0 Å². The minimum atomic E-state index is 0.250. The Kier molecular flexibility index (Phi) is 6.35. The number of nitrogens with two attached hydrogens (primary N) is 1. The molecule has 1 saturated heterocycles. The first-order valence-corrected chi connectivity index (χ1v) is 5.58. The summed E-state index contributed by atoms with van der Waals surface area (Å²) in [4.78, 5) is 2.36. The molecule has 1 aliphatic heterocycles. The van der Waals surface area contributed by atoms with Crippen molar-refractivity contribution >= 4 is 0 Å². The molecule has 0 unspecified atom stereocenters. The van der Waals surface area contributed by atoms with Crippen LogP contribution >= 0.6 is 0 Å². The first-order chi connectivity index (χ1) is 6.10. The van der Waals surface area contributed by atoms with Gasteiger partial charge in [0, 0.05) is 5.54 Å². The Balaban J connectivity index is 0.000000189. The molecule has 2 fully saturated rings. The van der Waals surface area contributed by atoms with Gasteiger partial charge < -0.3 is 10.6 Å². The molecule has 1 heterocycles. The van der Waals surface area contributed by atoms with Gasteiger partial charge >= 0.3 is 0 Å². The lowest BCUT2D eigenvalue weighted by molar-refractivity contribution is 0.418. The second-order valence-corrected chi connectivity index (χ2v) is 4.16. The summed E-state index contributed by atoms with van der Waals surface area (Å²) in [6.45, 7) is 8.72. The molecular weight excluding hydrogens is 160 g/mol. The van der Waals surface area contributed by atoms with Gasteiger partial charge in [-0.3, -0.25) is 0 Å². The van der Waals surface area contributed by atoms with Crippen LogP contribution in [0, 0.1) is 0 Å². The van der Waals surface area contributed by atoms with E-state index in [1.807, 2.05) is 13.8 Å². The van der Waals surface area contributed by atoms with Gasteiger partial charge in [0.1, 0.15) is 0 Å². The molecule has 1 aliphatic carbocycles. The molecule has 2 aliphatic rings. The van der Waals surface area contributed by atoms with Crippen LogP contribution in [0.3, 0.4) is 0 Å². The van der Waals surface area contributed by atoms with Crippen LogP contribution in [-0.4, -0.2) is 30.6 Å². The van der Waals surface area contributed by atoms with Crippen molar-refractivity contribution in [2.24, 2.45) is 5.73 Å². The van der Waals surface area contributed by atoms with Crippen LogP contribution in [0.25, 0.3) is 0 Å². The van der Waals surface area contributed by atoms with Gasteiger partial charge in [-0.05, 0) is 52.7 Å². The van der Waals surface area contributed by atoms with Crippen LogP contribution in [0.15, 0.2) is 0 Å². The van der Waals surface area contributed by atoms with Crippen LogP contribution in [-0.2, 0) is 0 Å². The van der Waals surface area contributed by atoms with Gasteiger partial charge in [0.2, 0.25) is 0 Å².